The predicted octanol–water partition coefficient (Wildman–Crippen LogP) is 3.66. The van der Waals surface area contributed by atoms with Crippen LogP contribution >= 0.6 is 0 Å². The summed E-state index contributed by atoms with van der Waals surface area (Å²) >= 11 is 0. The third-order valence-electron chi connectivity index (χ3n) is 6.30. The molecule has 3 heteroatoms. The summed E-state index contributed by atoms with van der Waals surface area (Å²) in [5.41, 5.74) is 0.324. The van der Waals surface area contributed by atoms with Crippen LogP contribution in [0, 0.1) is 5.92 Å². The standard InChI is InChI=1S/C18H33NO2/c1-3-12-19-16(18(20-2)10-4-5-11-18)15-7-13-21-17(14-15)8-6-9-17/h15-16,19H,3-14H2,1-2H3. The molecule has 0 aromatic heterocycles. The molecule has 0 bridgehead atoms. The molecule has 1 heterocycles. The van der Waals surface area contributed by atoms with Crippen LogP contribution in [0.1, 0.15) is 71.1 Å². The Morgan fingerprint density at radius 2 is 1.95 bits per heavy atom. The van der Waals surface area contributed by atoms with E-state index in [0.717, 1.165) is 19.1 Å². The molecule has 0 aromatic rings. The van der Waals surface area contributed by atoms with Gasteiger partial charge in [0.25, 0.3) is 0 Å². The number of hydrogen-bond donors (Lipinski definition) is 1. The van der Waals surface area contributed by atoms with Crippen molar-refractivity contribution in [1.82, 2.24) is 5.32 Å². The second-order valence-electron chi connectivity index (χ2n) is 7.55. The maximum absolute atomic E-state index is 6.15. The van der Waals surface area contributed by atoms with Gasteiger partial charge in [-0.25, -0.2) is 0 Å². The van der Waals surface area contributed by atoms with Crippen molar-refractivity contribution in [2.75, 3.05) is 20.3 Å². The minimum absolute atomic E-state index is 0.0854. The van der Waals surface area contributed by atoms with Crippen LogP contribution in [-0.4, -0.2) is 37.5 Å². The molecule has 3 rings (SSSR count). The first-order chi connectivity index (χ1) is 10.2. The molecule has 3 fully saturated rings. The Bertz CT molecular complexity index is 334. The molecule has 1 aliphatic heterocycles. The molecule has 2 atom stereocenters. The first-order valence-corrected chi connectivity index (χ1v) is 9.16. The number of nitrogens with one attached hydrogen (secondary N) is 1. The van der Waals surface area contributed by atoms with Crippen molar-refractivity contribution in [3.8, 4) is 0 Å². The van der Waals surface area contributed by atoms with E-state index in [-0.39, 0.29) is 11.2 Å². The number of hydrogen-bond acceptors (Lipinski definition) is 3. The summed E-state index contributed by atoms with van der Waals surface area (Å²) in [6, 6.07) is 0.520. The molecular weight excluding hydrogens is 262 g/mol. The molecule has 0 amide bonds. The molecule has 0 aromatic carbocycles. The molecule has 2 unspecified atom stereocenters. The lowest BCUT2D eigenvalue weighted by Gasteiger charge is -2.51. The van der Waals surface area contributed by atoms with Gasteiger partial charge in [0, 0.05) is 19.8 Å². The molecule has 1 saturated heterocycles. The number of rotatable bonds is 6. The third-order valence-corrected chi connectivity index (χ3v) is 6.30. The monoisotopic (exact) mass is 295 g/mol. The highest BCUT2D eigenvalue weighted by molar-refractivity contribution is 5.04. The largest absolute Gasteiger partial charge is 0.377 e. The van der Waals surface area contributed by atoms with Crippen LogP contribution in [0.25, 0.3) is 0 Å². The summed E-state index contributed by atoms with van der Waals surface area (Å²) in [5.74, 6) is 0.726. The Kier molecular flexibility index (Phi) is 4.92. The zero-order valence-electron chi connectivity index (χ0n) is 14.0. The summed E-state index contributed by atoms with van der Waals surface area (Å²) in [6.07, 6.45) is 12.7. The topological polar surface area (TPSA) is 30.5 Å². The van der Waals surface area contributed by atoms with Gasteiger partial charge in [0.2, 0.25) is 0 Å². The summed E-state index contributed by atoms with van der Waals surface area (Å²) in [6.45, 7) is 4.32. The average Bonchev–Trinajstić information content (AvgIpc) is 2.96. The predicted molar refractivity (Wildman–Crippen MR) is 85.5 cm³/mol. The Balaban J connectivity index is 1.74. The van der Waals surface area contributed by atoms with E-state index in [1.54, 1.807) is 0 Å². The zero-order chi connectivity index (χ0) is 14.8. The van der Waals surface area contributed by atoms with Gasteiger partial charge in [-0.2, -0.15) is 0 Å². The van der Waals surface area contributed by atoms with Gasteiger partial charge in [-0.3, -0.25) is 0 Å². The van der Waals surface area contributed by atoms with Gasteiger partial charge in [0.1, 0.15) is 0 Å². The van der Waals surface area contributed by atoms with E-state index in [1.807, 2.05) is 7.11 Å². The van der Waals surface area contributed by atoms with Crippen molar-refractivity contribution in [2.45, 2.75) is 88.4 Å². The van der Waals surface area contributed by atoms with Crippen molar-refractivity contribution in [1.29, 1.82) is 0 Å². The Labute approximate surface area is 130 Å². The highest BCUT2D eigenvalue weighted by Crippen LogP contribution is 2.48. The molecule has 21 heavy (non-hydrogen) atoms. The fraction of sp³-hybridized carbons (Fsp3) is 1.00. The lowest BCUT2D eigenvalue weighted by atomic mass is 9.68. The quantitative estimate of drug-likeness (QED) is 0.811. The molecule has 2 aliphatic carbocycles. The van der Waals surface area contributed by atoms with Gasteiger partial charge >= 0.3 is 0 Å². The highest BCUT2D eigenvalue weighted by Gasteiger charge is 2.50. The Morgan fingerprint density at radius 3 is 2.52 bits per heavy atom. The van der Waals surface area contributed by atoms with Gasteiger partial charge in [0.05, 0.1) is 11.2 Å². The second-order valence-corrected chi connectivity index (χ2v) is 7.55. The van der Waals surface area contributed by atoms with Gasteiger partial charge in [-0.15, -0.1) is 0 Å². The lowest BCUT2D eigenvalue weighted by Crippen LogP contribution is -2.58. The Morgan fingerprint density at radius 1 is 1.19 bits per heavy atom. The molecule has 1 N–H and O–H groups in total. The molecular formula is C18H33NO2. The van der Waals surface area contributed by atoms with Crippen molar-refractivity contribution in [3.05, 3.63) is 0 Å². The molecule has 122 valence electrons. The minimum Gasteiger partial charge on any atom is -0.377 e. The van der Waals surface area contributed by atoms with E-state index >= 15 is 0 Å². The van der Waals surface area contributed by atoms with Gasteiger partial charge in [-0.1, -0.05) is 19.8 Å². The van der Waals surface area contributed by atoms with Crippen molar-refractivity contribution < 1.29 is 9.47 Å². The fourth-order valence-corrected chi connectivity index (χ4v) is 4.97. The minimum atomic E-state index is 0.0854. The average molecular weight is 295 g/mol. The number of ether oxygens (including phenoxy) is 2. The normalized spacial score (nSPS) is 32.0. The maximum Gasteiger partial charge on any atom is 0.0833 e. The Hall–Kier alpha value is -0.120. The summed E-state index contributed by atoms with van der Waals surface area (Å²) in [5, 5.41) is 3.88. The van der Waals surface area contributed by atoms with Crippen LogP contribution in [0.15, 0.2) is 0 Å². The van der Waals surface area contributed by atoms with E-state index in [2.05, 4.69) is 12.2 Å². The summed E-state index contributed by atoms with van der Waals surface area (Å²) < 4.78 is 12.3. The van der Waals surface area contributed by atoms with E-state index in [9.17, 15) is 0 Å². The van der Waals surface area contributed by atoms with Crippen LogP contribution < -0.4 is 5.32 Å². The van der Waals surface area contributed by atoms with Crippen LogP contribution in [0.3, 0.4) is 0 Å². The van der Waals surface area contributed by atoms with Crippen LogP contribution in [-0.2, 0) is 9.47 Å². The SMILES string of the molecule is CCCNC(C1CCOC2(CCC2)C1)C1(OC)CCCC1. The first-order valence-electron chi connectivity index (χ1n) is 9.16. The van der Waals surface area contributed by atoms with Gasteiger partial charge in [-0.05, 0) is 63.8 Å². The fourth-order valence-electron chi connectivity index (χ4n) is 4.97. The molecule has 0 radical (unpaired) electrons. The third kappa shape index (κ3) is 3.02. The molecule has 2 saturated carbocycles. The van der Waals surface area contributed by atoms with Gasteiger partial charge < -0.3 is 14.8 Å². The van der Waals surface area contributed by atoms with Crippen LogP contribution in [0.5, 0.6) is 0 Å². The highest BCUT2D eigenvalue weighted by atomic mass is 16.5. The first kappa shape index (κ1) is 15.8. The van der Waals surface area contributed by atoms with Crippen molar-refractivity contribution in [2.24, 2.45) is 5.92 Å². The molecule has 3 aliphatic rings. The smallest absolute Gasteiger partial charge is 0.0833 e. The van der Waals surface area contributed by atoms with E-state index in [4.69, 9.17) is 9.47 Å². The maximum atomic E-state index is 6.15. The zero-order valence-corrected chi connectivity index (χ0v) is 14.0. The van der Waals surface area contributed by atoms with Crippen LogP contribution in [0.2, 0.25) is 0 Å². The van der Waals surface area contributed by atoms with Gasteiger partial charge in [0.15, 0.2) is 0 Å². The lowest BCUT2D eigenvalue weighted by molar-refractivity contribution is -0.160. The second kappa shape index (κ2) is 6.55. The number of methoxy groups -OCH3 is 1. The van der Waals surface area contributed by atoms with Crippen LogP contribution in [0.4, 0.5) is 0 Å². The summed E-state index contributed by atoms with van der Waals surface area (Å²) in [4.78, 5) is 0. The van der Waals surface area contributed by atoms with Crippen molar-refractivity contribution >= 4 is 0 Å². The van der Waals surface area contributed by atoms with E-state index in [1.165, 1.54) is 64.2 Å². The van der Waals surface area contributed by atoms with Crippen molar-refractivity contribution in [3.63, 3.8) is 0 Å². The van der Waals surface area contributed by atoms with E-state index in [0.29, 0.717) is 6.04 Å². The molecule has 3 nitrogen and oxygen atoms in total. The van der Waals surface area contributed by atoms with E-state index < -0.39 is 0 Å². The summed E-state index contributed by atoms with van der Waals surface area (Å²) in [7, 11) is 1.93. The molecule has 1 spiro atoms.